The zero-order valence-corrected chi connectivity index (χ0v) is 13.9. The topological polar surface area (TPSA) is 87.8 Å². The van der Waals surface area contributed by atoms with Crippen molar-refractivity contribution in [3.8, 4) is 11.5 Å². The lowest BCUT2D eigenvalue weighted by Gasteiger charge is -1.99. The van der Waals surface area contributed by atoms with Gasteiger partial charge in [0.2, 0.25) is 10.6 Å². The summed E-state index contributed by atoms with van der Waals surface area (Å²) in [6, 6.07) is 3.73. The predicted octanol–water partition coefficient (Wildman–Crippen LogP) is 3.35. The SMILES string of the molecule is C/C(C=Nn1c(-c2n[nH]c3c2CCC3)n[nH]c1=S)=C\c1ccco1. The molecular weight excluding hydrogens is 324 g/mol. The summed E-state index contributed by atoms with van der Waals surface area (Å²) in [4.78, 5) is 0. The molecule has 8 heteroatoms. The second-order valence-electron chi connectivity index (χ2n) is 5.70. The van der Waals surface area contributed by atoms with E-state index in [4.69, 9.17) is 16.6 Å². The molecule has 3 heterocycles. The second kappa shape index (κ2) is 6.04. The van der Waals surface area contributed by atoms with Gasteiger partial charge in [-0.3, -0.25) is 5.10 Å². The van der Waals surface area contributed by atoms with Crippen molar-refractivity contribution in [2.45, 2.75) is 26.2 Å². The van der Waals surface area contributed by atoms with Gasteiger partial charge in [0.05, 0.1) is 12.5 Å². The quantitative estimate of drug-likeness (QED) is 0.563. The zero-order chi connectivity index (χ0) is 16.5. The van der Waals surface area contributed by atoms with Crippen LogP contribution in [0.2, 0.25) is 0 Å². The first-order valence-electron chi connectivity index (χ1n) is 7.72. The number of aromatic nitrogens is 5. The average Bonchev–Trinajstić information content (AvgIpc) is 3.29. The molecule has 7 nitrogen and oxygen atoms in total. The normalized spacial score (nSPS) is 14.6. The molecule has 0 atom stereocenters. The third kappa shape index (κ3) is 2.65. The van der Waals surface area contributed by atoms with E-state index in [2.05, 4.69) is 25.5 Å². The Morgan fingerprint density at radius 3 is 3.12 bits per heavy atom. The van der Waals surface area contributed by atoms with Gasteiger partial charge in [0.15, 0.2) is 0 Å². The number of H-pyrrole nitrogens is 2. The third-order valence-electron chi connectivity index (χ3n) is 3.96. The Kier molecular flexibility index (Phi) is 3.73. The first-order valence-corrected chi connectivity index (χ1v) is 8.13. The number of aromatic amines is 2. The predicted molar refractivity (Wildman–Crippen MR) is 93.3 cm³/mol. The van der Waals surface area contributed by atoms with Gasteiger partial charge < -0.3 is 4.42 Å². The number of allylic oxidation sites excluding steroid dienone is 1. The Morgan fingerprint density at radius 1 is 1.38 bits per heavy atom. The van der Waals surface area contributed by atoms with E-state index >= 15 is 0 Å². The molecule has 2 N–H and O–H groups in total. The van der Waals surface area contributed by atoms with Crippen molar-refractivity contribution in [2.75, 3.05) is 0 Å². The highest BCUT2D eigenvalue weighted by molar-refractivity contribution is 7.71. The number of aryl methyl sites for hydroxylation is 1. The van der Waals surface area contributed by atoms with Gasteiger partial charge in [0.1, 0.15) is 11.5 Å². The van der Waals surface area contributed by atoms with E-state index in [0.29, 0.717) is 10.6 Å². The van der Waals surface area contributed by atoms with E-state index in [1.165, 1.54) is 11.3 Å². The van der Waals surface area contributed by atoms with Crippen LogP contribution in [0.1, 0.15) is 30.4 Å². The summed E-state index contributed by atoms with van der Waals surface area (Å²) in [5, 5.41) is 19.0. The average molecular weight is 340 g/mol. The Bertz CT molecular complexity index is 973. The van der Waals surface area contributed by atoms with Crippen LogP contribution in [-0.2, 0) is 12.8 Å². The summed E-state index contributed by atoms with van der Waals surface area (Å²) in [7, 11) is 0. The maximum absolute atomic E-state index is 5.30. The summed E-state index contributed by atoms with van der Waals surface area (Å²) >= 11 is 5.30. The van der Waals surface area contributed by atoms with Crippen molar-refractivity contribution in [3.63, 3.8) is 0 Å². The van der Waals surface area contributed by atoms with E-state index in [1.54, 1.807) is 17.2 Å². The number of fused-ring (bicyclic) bond motifs is 1. The van der Waals surface area contributed by atoms with Crippen LogP contribution in [0.15, 0.2) is 33.5 Å². The van der Waals surface area contributed by atoms with Crippen molar-refractivity contribution >= 4 is 24.5 Å². The standard InChI is InChI=1S/C16H16N6OS/c1-10(8-11-4-3-7-23-11)9-17-22-15(20-21-16(22)24)14-12-5-2-6-13(12)18-19-14/h3-4,7-9H,2,5-6H2,1H3,(H,18,19)(H,21,24)/b10-8+,17-9?. The van der Waals surface area contributed by atoms with Gasteiger partial charge >= 0.3 is 0 Å². The minimum absolute atomic E-state index is 0.432. The first-order chi connectivity index (χ1) is 11.7. The molecule has 1 aliphatic carbocycles. The van der Waals surface area contributed by atoms with E-state index in [0.717, 1.165) is 36.3 Å². The molecule has 0 radical (unpaired) electrons. The highest BCUT2D eigenvalue weighted by Gasteiger charge is 2.23. The van der Waals surface area contributed by atoms with Crippen molar-refractivity contribution in [1.82, 2.24) is 25.1 Å². The van der Waals surface area contributed by atoms with Crippen LogP contribution in [-0.4, -0.2) is 31.3 Å². The fraction of sp³-hybridized carbons (Fsp3) is 0.250. The summed E-state index contributed by atoms with van der Waals surface area (Å²) in [5.41, 5.74) is 4.15. The summed E-state index contributed by atoms with van der Waals surface area (Å²) in [6.07, 6.45) is 8.43. The lowest BCUT2D eigenvalue weighted by Crippen LogP contribution is -1.97. The Morgan fingerprint density at radius 2 is 2.29 bits per heavy atom. The molecule has 0 spiro atoms. The van der Waals surface area contributed by atoms with Gasteiger partial charge in [-0.1, -0.05) is 0 Å². The van der Waals surface area contributed by atoms with Crippen molar-refractivity contribution in [3.05, 3.63) is 45.8 Å². The Balaban J connectivity index is 1.68. The maximum atomic E-state index is 5.30. The fourth-order valence-corrected chi connectivity index (χ4v) is 3.02. The minimum Gasteiger partial charge on any atom is -0.465 e. The summed E-state index contributed by atoms with van der Waals surface area (Å²) in [6.45, 7) is 1.95. The molecule has 3 aromatic heterocycles. The van der Waals surface area contributed by atoms with Gasteiger partial charge in [-0.25, -0.2) is 5.10 Å². The van der Waals surface area contributed by atoms with Crippen LogP contribution in [0.5, 0.6) is 0 Å². The van der Waals surface area contributed by atoms with E-state index < -0.39 is 0 Å². The summed E-state index contributed by atoms with van der Waals surface area (Å²) in [5.74, 6) is 1.40. The number of rotatable bonds is 4. The molecule has 0 aliphatic heterocycles. The molecular formula is C16H16N6OS. The number of furan rings is 1. The fourth-order valence-electron chi connectivity index (χ4n) is 2.84. The lowest BCUT2D eigenvalue weighted by atomic mass is 10.2. The number of nitrogens with one attached hydrogen (secondary N) is 2. The van der Waals surface area contributed by atoms with Crippen LogP contribution >= 0.6 is 12.2 Å². The Labute approximate surface area is 143 Å². The molecule has 0 amide bonds. The monoisotopic (exact) mass is 340 g/mol. The van der Waals surface area contributed by atoms with E-state index in [1.807, 2.05) is 25.1 Å². The van der Waals surface area contributed by atoms with Gasteiger partial charge in [-0.2, -0.15) is 20.0 Å². The zero-order valence-electron chi connectivity index (χ0n) is 13.1. The van der Waals surface area contributed by atoms with Crippen LogP contribution < -0.4 is 0 Å². The largest absolute Gasteiger partial charge is 0.465 e. The first kappa shape index (κ1) is 14.8. The van der Waals surface area contributed by atoms with E-state index in [-0.39, 0.29) is 0 Å². The smallest absolute Gasteiger partial charge is 0.216 e. The van der Waals surface area contributed by atoms with Gasteiger partial charge in [0, 0.05) is 11.3 Å². The number of nitrogens with zero attached hydrogens (tertiary/aromatic N) is 4. The van der Waals surface area contributed by atoms with Gasteiger partial charge in [-0.05, 0) is 62.2 Å². The van der Waals surface area contributed by atoms with Crippen molar-refractivity contribution in [1.29, 1.82) is 0 Å². The van der Waals surface area contributed by atoms with Gasteiger partial charge in [0.25, 0.3) is 0 Å². The van der Waals surface area contributed by atoms with Crippen molar-refractivity contribution in [2.24, 2.45) is 5.10 Å². The molecule has 1 aliphatic rings. The highest BCUT2D eigenvalue weighted by Crippen LogP contribution is 2.29. The molecule has 0 saturated heterocycles. The molecule has 0 bridgehead atoms. The molecule has 0 saturated carbocycles. The minimum atomic E-state index is 0.432. The highest BCUT2D eigenvalue weighted by atomic mass is 32.1. The molecule has 0 unspecified atom stereocenters. The maximum Gasteiger partial charge on any atom is 0.216 e. The molecule has 0 aromatic carbocycles. The molecule has 122 valence electrons. The number of hydrogen-bond donors (Lipinski definition) is 2. The van der Waals surface area contributed by atoms with Crippen LogP contribution in [0.25, 0.3) is 17.6 Å². The van der Waals surface area contributed by atoms with Gasteiger partial charge in [-0.15, -0.1) is 0 Å². The van der Waals surface area contributed by atoms with Crippen molar-refractivity contribution < 1.29 is 4.42 Å². The van der Waals surface area contributed by atoms with E-state index in [9.17, 15) is 0 Å². The van der Waals surface area contributed by atoms with Crippen LogP contribution in [0.4, 0.5) is 0 Å². The third-order valence-corrected chi connectivity index (χ3v) is 4.22. The number of hydrogen-bond acceptors (Lipinski definition) is 5. The molecule has 4 rings (SSSR count). The van der Waals surface area contributed by atoms with Crippen LogP contribution in [0.3, 0.4) is 0 Å². The molecule has 24 heavy (non-hydrogen) atoms. The molecule has 0 fully saturated rings. The van der Waals surface area contributed by atoms with Crippen LogP contribution in [0, 0.1) is 4.77 Å². The summed E-state index contributed by atoms with van der Waals surface area (Å²) < 4.78 is 7.33. The lowest BCUT2D eigenvalue weighted by molar-refractivity contribution is 0.557. The second-order valence-corrected chi connectivity index (χ2v) is 6.08. The molecule has 3 aromatic rings. The Hall–Kier alpha value is -2.74.